The summed E-state index contributed by atoms with van der Waals surface area (Å²) in [6.07, 6.45) is 3.60. The largest absolute Gasteiger partial charge is 0.310 e. The van der Waals surface area contributed by atoms with Gasteiger partial charge in [-0.15, -0.1) is 0 Å². The summed E-state index contributed by atoms with van der Waals surface area (Å²) < 4.78 is 0. The van der Waals surface area contributed by atoms with Crippen LogP contribution in [0, 0.1) is 13.8 Å². The van der Waals surface area contributed by atoms with Gasteiger partial charge in [0.2, 0.25) is 0 Å². The lowest BCUT2D eigenvalue weighted by atomic mass is 10.1. The fraction of sp³-hybridized carbons (Fsp3) is 0.227. The lowest BCUT2D eigenvalue weighted by Gasteiger charge is -2.35. The van der Waals surface area contributed by atoms with Gasteiger partial charge >= 0.3 is 0 Å². The van der Waals surface area contributed by atoms with Crippen LogP contribution < -0.4 is 4.90 Å². The van der Waals surface area contributed by atoms with Gasteiger partial charge in [-0.05, 0) is 43.5 Å². The predicted molar refractivity (Wildman–Crippen MR) is 120 cm³/mol. The number of aliphatic imine (C=N–C) groups is 3. The Balaban J connectivity index is 1.66. The topological polar surface area (TPSA) is 40.3 Å². The molecule has 0 unspecified atom stereocenters. The molecule has 1 aliphatic rings. The smallest absolute Gasteiger partial charge is 0.168 e. The van der Waals surface area contributed by atoms with Crippen molar-refractivity contribution in [3.8, 4) is 0 Å². The van der Waals surface area contributed by atoms with Gasteiger partial charge in [-0.3, -0.25) is 9.98 Å². The van der Waals surface area contributed by atoms with Crippen molar-refractivity contribution in [3.05, 3.63) is 71.3 Å². The normalized spacial score (nSPS) is 15.7. The van der Waals surface area contributed by atoms with Crippen LogP contribution in [0.15, 0.2) is 64.0 Å². The third-order valence-corrected chi connectivity index (χ3v) is 5.29. The molecule has 0 atom stereocenters. The molecule has 3 rings (SSSR count). The highest BCUT2D eigenvalue weighted by atomic mass is 32.2. The zero-order valence-corrected chi connectivity index (χ0v) is 16.8. The van der Waals surface area contributed by atoms with Gasteiger partial charge in [-0.2, -0.15) is 0 Å². The second-order valence-electron chi connectivity index (χ2n) is 6.30. The molecule has 2 aromatic rings. The molecule has 1 saturated heterocycles. The third kappa shape index (κ3) is 4.55. The van der Waals surface area contributed by atoms with E-state index >= 15 is 0 Å². The maximum Gasteiger partial charge on any atom is 0.168 e. The number of aryl methyl sites for hydroxylation is 2. The third-order valence-electron chi connectivity index (χ3n) is 4.30. The van der Waals surface area contributed by atoms with E-state index in [1.165, 1.54) is 16.8 Å². The molecule has 2 aromatic carbocycles. The number of anilines is 1. The van der Waals surface area contributed by atoms with Crippen LogP contribution in [0.2, 0.25) is 0 Å². The monoisotopic (exact) mass is 376 g/mol. The van der Waals surface area contributed by atoms with Gasteiger partial charge in [0.05, 0.1) is 11.6 Å². The molecule has 1 fully saturated rings. The van der Waals surface area contributed by atoms with Crippen LogP contribution in [0.4, 0.5) is 5.69 Å². The minimum Gasteiger partial charge on any atom is -0.310 e. The molecule has 0 amide bonds. The standard InChI is InChI=1S/C22H24N4S/c1-5-24-18(4)20-11-7-10-19(12-20)13-23-14-25-22-26(15-27-22)21-16(2)8-6-9-17(21)3/h5-13H,4,14-15H2,1-3H3. The number of nitrogens with zero attached hydrogens (tertiary/aromatic N) is 4. The van der Waals surface area contributed by atoms with Gasteiger partial charge in [-0.1, -0.05) is 54.7 Å². The number of hydrogen-bond donors (Lipinski definition) is 0. The Morgan fingerprint density at radius 2 is 1.93 bits per heavy atom. The van der Waals surface area contributed by atoms with Crippen molar-refractivity contribution in [1.29, 1.82) is 0 Å². The highest BCUT2D eigenvalue weighted by Gasteiger charge is 2.26. The number of benzene rings is 2. The second-order valence-corrected chi connectivity index (χ2v) is 7.21. The van der Waals surface area contributed by atoms with Crippen molar-refractivity contribution in [1.82, 2.24) is 0 Å². The summed E-state index contributed by atoms with van der Waals surface area (Å²) in [4.78, 5) is 15.6. The van der Waals surface area contributed by atoms with E-state index in [0.717, 1.165) is 27.9 Å². The highest BCUT2D eigenvalue weighted by Crippen LogP contribution is 2.34. The van der Waals surface area contributed by atoms with Crippen molar-refractivity contribution >= 4 is 40.7 Å². The average Bonchev–Trinajstić information content (AvgIpc) is 2.64. The van der Waals surface area contributed by atoms with Crippen molar-refractivity contribution in [2.75, 3.05) is 17.4 Å². The zero-order valence-electron chi connectivity index (χ0n) is 16.0. The van der Waals surface area contributed by atoms with Gasteiger partial charge in [0.1, 0.15) is 6.67 Å². The molecule has 0 aliphatic carbocycles. The molecule has 138 valence electrons. The molecule has 1 aliphatic heterocycles. The number of hydrogen-bond acceptors (Lipinski definition) is 4. The quantitative estimate of drug-likeness (QED) is 0.641. The van der Waals surface area contributed by atoms with E-state index in [9.17, 15) is 0 Å². The van der Waals surface area contributed by atoms with E-state index in [1.807, 2.05) is 37.4 Å². The maximum absolute atomic E-state index is 4.64. The molecule has 0 saturated carbocycles. The van der Waals surface area contributed by atoms with E-state index in [-0.39, 0.29) is 0 Å². The molecule has 0 aromatic heterocycles. The molecule has 1 heterocycles. The average molecular weight is 377 g/mol. The lowest BCUT2D eigenvalue weighted by Crippen LogP contribution is -2.39. The van der Waals surface area contributed by atoms with Crippen LogP contribution in [-0.2, 0) is 0 Å². The van der Waals surface area contributed by atoms with Crippen LogP contribution in [0.1, 0.15) is 29.2 Å². The van der Waals surface area contributed by atoms with Crippen LogP contribution in [0.5, 0.6) is 0 Å². The van der Waals surface area contributed by atoms with Crippen molar-refractivity contribution in [3.63, 3.8) is 0 Å². The SMILES string of the molecule is C=C(N=CC)c1cccc(C=NCN=C2SCN2c2c(C)cccc2C)c1. The highest BCUT2D eigenvalue weighted by molar-refractivity contribution is 8.16. The van der Waals surface area contributed by atoms with Gasteiger partial charge in [0, 0.05) is 23.7 Å². The molecule has 4 nitrogen and oxygen atoms in total. The Labute approximate surface area is 165 Å². The Hall–Kier alpha value is -2.66. The summed E-state index contributed by atoms with van der Waals surface area (Å²) >= 11 is 1.76. The van der Waals surface area contributed by atoms with E-state index < -0.39 is 0 Å². The second kappa shape index (κ2) is 8.82. The van der Waals surface area contributed by atoms with Crippen LogP contribution >= 0.6 is 11.8 Å². The van der Waals surface area contributed by atoms with Crippen molar-refractivity contribution < 1.29 is 0 Å². The summed E-state index contributed by atoms with van der Waals surface area (Å²) in [5, 5.41) is 1.03. The molecule has 5 heteroatoms. The Morgan fingerprint density at radius 1 is 1.19 bits per heavy atom. The van der Waals surface area contributed by atoms with E-state index in [2.05, 4.69) is 58.5 Å². The first kappa shape index (κ1) is 19.1. The molecule has 0 N–H and O–H groups in total. The summed E-state index contributed by atoms with van der Waals surface area (Å²) in [5.41, 5.74) is 6.59. The molecule has 0 radical (unpaired) electrons. The molecule has 0 spiro atoms. The summed E-state index contributed by atoms with van der Waals surface area (Å²) in [7, 11) is 0. The molecular formula is C22H24N4S. The summed E-state index contributed by atoms with van der Waals surface area (Å²) in [6.45, 7) is 10.6. The van der Waals surface area contributed by atoms with E-state index in [4.69, 9.17) is 0 Å². The number of rotatable bonds is 6. The predicted octanol–water partition coefficient (Wildman–Crippen LogP) is 5.31. The minimum absolute atomic E-state index is 0.419. The Kier molecular flexibility index (Phi) is 6.24. The fourth-order valence-electron chi connectivity index (χ4n) is 2.99. The maximum atomic E-state index is 4.64. The van der Waals surface area contributed by atoms with Gasteiger partial charge in [-0.25, -0.2) is 4.99 Å². The first-order chi connectivity index (χ1) is 13.1. The van der Waals surface area contributed by atoms with Crippen LogP contribution in [-0.4, -0.2) is 30.1 Å². The molecular weight excluding hydrogens is 352 g/mol. The first-order valence-electron chi connectivity index (χ1n) is 8.89. The van der Waals surface area contributed by atoms with E-state index in [1.54, 1.807) is 18.0 Å². The van der Waals surface area contributed by atoms with Gasteiger partial charge < -0.3 is 4.90 Å². The molecule has 27 heavy (non-hydrogen) atoms. The van der Waals surface area contributed by atoms with Crippen LogP contribution in [0.25, 0.3) is 5.70 Å². The van der Waals surface area contributed by atoms with Crippen molar-refractivity contribution in [2.24, 2.45) is 15.0 Å². The van der Waals surface area contributed by atoms with Crippen LogP contribution in [0.3, 0.4) is 0 Å². The number of amidine groups is 1. The number of para-hydroxylation sites is 1. The van der Waals surface area contributed by atoms with E-state index in [0.29, 0.717) is 6.67 Å². The first-order valence-corrected chi connectivity index (χ1v) is 9.87. The Bertz CT molecular complexity index is 907. The zero-order chi connectivity index (χ0) is 19.2. The molecule has 0 bridgehead atoms. The summed E-state index contributed by atoms with van der Waals surface area (Å²) in [6, 6.07) is 14.4. The summed E-state index contributed by atoms with van der Waals surface area (Å²) in [5.74, 6) is 0.941. The van der Waals surface area contributed by atoms with Gasteiger partial charge in [0.25, 0.3) is 0 Å². The minimum atomic E-state index is 0.419. The lowest BCUT2D eigenvalue weighted by molar-refractivity contribution is 1.05. The number of thioether (sulfide) groups is 1. The van der Waals surface area contributed by atoms with Gasteiger partial charge in [0.15, 0.2) is 5.17 Å². The fourth-order valence-corrected chi connectivity index (χ4v) is 3.73. The Morgan fingerprint density at radius 3 is 2.59 bits per heavy atom. The van der Waals surface area contributed by atoms with Crippen molar-refractivity contribution in [2.45, 2.75) is 20.8 Å².